The Balaban J connectivity index is 2.98. The molecule has 0 aliphatic carbocycles. The summed E-state index contributed by atoms with van der Waals surface area (Å²) in [5.41, 5.74) is 5.53. The zero-order chi connectivity index (χ0) is 15.8. The summed E-state index contributed by atoms with van der Waals surface area (Å²) in [6.45, 7) is 3.15. The highest BCUT2D eigenvalue weighted by atomic mass is 16.2. The van der Waals surface area contributed by atoms with Crippen LogP contribution in [0.3, 0.4) is 0 Å². The summed E-state index contributed by atoms with van der Waals surface area (Å²) < 4.78 is 2.55. The van der Waals surface area contributed by atoms with Gasteiger partial charge >= 0.3 is 5.69 Å². The molecule has 0 saturated carbocycles. The van der Waals surface area contributed by atoms with Crippen LogP contribution in [0.25, 0.3) is 0 Å². The average molecular weight is 292 g/mol. The van der Waals surface area contributed by atoms with E-state index in [9.17, 15) is 9.59 Å². The number of nitrogens with one attached hydrogen (secondary N) is 1. The minimum Gasteiger partial charge on any atom is -0.383 e. The fourth-order valence-corrected chi connectivity index (χ4v) is 2.05. The number of terminal acetylenes is 1. The van der Waals surface area contributed by atoms with Crippen molar-refractivity contribution < 1.29 is 0 Å². The first-order chi connectivity index (χ1) is 10.0. The van der Waals surface area contributed by atoms with Gasteiger partial charge in [0.25, 0.3) is 5.56 Å². The van der Waals surface area contributed by atoms with Crippen LogP contribution in [0.1, 0.15) is 39.0 Å². The predicted octanol–water partition coefficient (Wildman–Crippen LogP) is 1.14. The summed E-state index contributed by atoms with van der Waals surface area (Å²) in [7, 11) is 1.47. The van der Waals surface area contributed by atoms with Crippen molar-refractivity contribution in [3.63, 3.8) is 0 Å². The van der Waals surface area contributed by atoms with E-state index in [0.717, 1.165) is 30.3 Å². The van der Waals surface area contributed by atoms with E-state index in [2.05, 4.69) is 11.2 Å². The Morgan fingerprint density at radius 3 is 2.62 bits per heavy atom. The molecule has 116 valence electrons. The lowest BCUT2D eigenvalue weighted by molar-refractivity contribution is 0.575. The molecule has 0 aromatic carbocycles. The molecule has 0 saturated heterocycles. The van der Waals surface area contributed by atoms with Crippen molar-refractivity contribution in [2.45, 2.75) is 45.6 Å². The molecule has 1 aromatic heterocycles. The molecular formula is C15H24N4O2. The van der Waals surface area contributed by atoms with Crippen molar-refractivity contribution in [1.82, 2.24) is 9.13 Å². The fourth-order valence-electron chi connectivity index (χ4n) is 2.05. The third-order valence-corrected chi connectivity index (χ3v) is 3.37. The molecule has 3 N–H and O–H groups in total. The topological polar surface area (TPSA) is 82.0 Å². The SMILES string of the molecule is C#CCCCCNc1c(N)n(CCCC)c(=O)n(C)c1=O. The number of nitrogens with zero attached hydrogens (tertiary/aromatic N) is 2. The lowest BCUT2D eigenvalue weighted by Gasteiger charge is -2.15. The van der Waals surface area contributed by atoms with Crippen molar-refractivity contribution in [2.75, 3.05) is 17.6 Å². The van der Waals surface area contributed by atoms with Gasteiger partial charge in [0.2, 0.25) is 0 Å². The highest BCUT2D eigenvalue weighted by Gasteiger charge is 2.14. The maximum Gasteiger partial charge on any atom is 0.332 e. The summed E-state index contributed by atoms with van der Waals surface area (Å²) in [5, 5.41) is 3.04. The number of rotatable bonds is 8. The molecule has 0 radical (unpaired) electrons. The largest absolute Gasteiger partial charge is 0.383 e. The second-order valence-electron chi connectivity index (χ2n) is 5.00. The van der Waals surface area contributed by atoms with Crippen LogP contribution >= 0.6 is 0 Å². The molecule has 0 aliphatic heterocycles. The van der Waals surface area contributed by atoms with Crippen LogP contribution in [0.15, 0.2) is 9.59 Å². The number of aromatic nitrogens is 2. The third-order valence-electron chi connectivity index (χ3n) is 3.37. The summed E-state index contributed by atoms with van der Waals surface area (Å²) in [6.07, 6.45) is 9.43. The van der Waals surface area contributed by atoms with Crippen LogP contribution in [-0.2, 0) is 13.6 Å². The molecule has 6 nitrogen and oxygen atoms in total. The minimum absolute atomic E-state index is 0.216. The van der Waals surface area contributed by atoms with Crippen LogP contribution in [0.5, 0.6) is 0 Å². The lowest BCUT2D eigenvalue weighted by atomic mass is 10.2. The Kier molecular flexibility index (Phi) is 6.60. The van der Waals surface area contributed by atoms with Gasteiger partial charge in [0.15, 0.2) is 0 Å². The van der Waals surface area contributed by atoms with Gasteiger partial charge in [-0.1, -0.05) is 13.3 Å². The van der Waals surface area contributed by atoms with E-state index < -0.39 is 0 Å². The lowest BCUT2D eigenvalue weighted by Crippen LogP contribution is -2.40. The number of anilines is 2. The van der Waals surface area contributed by atoms with E-state index in [0.29, 0.717) is 25.2 Å². The summed E-state index contributed by atoms with van der Waals surface area (Å²) >= 11 is 0. The molecule has 0 bridgehead atoms. The molecule has 21 heavy (non-hydrogen) atoms. The molecule has 0 fully saturated rings. The molecule has 1 heterocycles. The van der Waals surface area contributed by atoms with Gasteiger partial charge in [0.1, 0.15) is 11.5 Å². The Labute approximate surface area is 125 Å². The number of hydrogen-bond donors (Lipinski definition) is 2. The minimum atomic E-state index is -0.387. The highest BCUT2D eigenvalue weighted by Crippen LogP contribution is 2.11. The third kappa shape index (κ3) is 4.15. The van der Waals surface area contributed by atoms with E-state index in [1.807, 2.05) is 6.92 Å². The van der Waals surface area contributed by atoms with Crippen LogP contribution < -0.4 is 22.3 Å². The van der Waals surface area contributed by atoms with Gasteiger partial charge in [-0.15, -0.1) is 12.3 Å². The molecule has 1 rings (SSSR count). The fraction of sp³-hybridized carbons (Fsp3) is 0.600. The second kappa shape index (κ2) is 8.20. The number of nitrogen functional groups attached to an aromatic ring is 1. The Morgan fingerprint density at radius 2 is 2.00 bits per heavy atom. The van der Waals surface area contributed by atoms with E-state index in [4.69, 9.17) is 12.2 Å². The molecular weight excluding hydrogens is 268 g/mol. The summed E-state index contributed by atoms with van der Waals surface area (Å²) in [5.74, 6) is 2.79. The van der Waals surface area contributed by atoms with Gasteiger partial charge in [0, 0.05) is 26.6 Å². The average Bonchev–Trinajstić information content (AvgIpc) is 2.48. The molecule has 0 spiro atoms. The maximum atomic E-state index is 12.1. The monoisotopic (exact) mass is 292 g/mol. The first kappa shape index (κ1) is 16.9. The van der Waals surface area contributed by atoms with E-state index in [1.165, 1.54) is 11.6 Å². The van der Waals surface area contributed by atoms with Crippen LogP contribution in [0, 0.1) is 12.3 Å². The zero-order valence-corrected chi connectivity index (χ0v) is 12.8. The van der Waals surface area contributed by atoms with Crippen molar-refractivity contribution in [2.24, 2.45) is 7.05 Å². The van der Waals surface area contributed by atoms with Crippen molar-refractivity contribution in [1.29, 1.82) is 0 Å². The molecule has 0 amide bonds. The zero-order valence-electron chi connectivity index (χ0n) is 12.8. The van der Waals surface area contributed by atoms with Crippen LogP contribution in [-0.4, -0.2) is 15.7 Å². The van der Waals surface area contributed by atoms with Crippen LogP contribution in [0.4, 0.5) is 11.5 Å². The van der Waals surface area contributed by atoms with Gasteiger partial charge in [-0.25, -0.2) is 4.79 Å². The Hall–Kier alpha value is -2.16. The number of unbranched alkanes of at least 4 members (excludes halogenated alkanes) is 3. The van der Waals surface area contributed by atoms with Gasteiger partial charge in [0.05, 0.1) is 0 Å². The highest BCUT2D eigenvalue weighted by molar-refractivity contribution is 5.60. The van der Waals surface area contributed by atoms with E-state index in [1.54, 1.807) is 0 Å². The van der Waals surface area contributed by atoms with Gasteiger partial charge in [-0.3, -0.25) is 13.9 Å². The van der Waals surface area contributed by atoms with Gasteiger partial charge in [-0.2, -0.15) is 0 Å². The second-order valence-corrected chi connectivity index (χ2v) is 5.00. The van der Waals surface area contributed by atoms with Crippen molar-refractivity contribution >= 4 is 11.5 Å². The molecule has 0 unspecified atom stereocenters. The molecule has 0 atom stereocenters. The quantitative estimate of drug-likeness (QED) is 0.556. The molecule has 6 heteroatoms. The Morgan fingerprint density at radius 1 is 1.29 bits per heavy atom. The number of hydrogen-bond acceptors (Lipinski definition) is 4. The van der Waals surface area contributed by atoms with E-state index >= 15 is 0 Å². The van der Waals surface area contributed by atoms with Gasteiger partial charge < -0.3 is 11.1 Å². The van der Waals surface area contributed by atoms with E-state index in [-0.39, 0.29) is 17.1 Å². The Bertz CT molecular complexity index is 622. The smallest absolute Gasteiger partial charge is 0.332 e. The van der Waals surface area contributed by atoms with Crippen molar-refractivity contribution in [3.8, 4) is 12.3 Å². The normalized spacial score (nSPS) is 10.3. The molecule has 1 aromatic rings. The predicted molar refractivity (Wildman–Crippen MR) is 86.4 cm³/mol. The first-order valence-corrected chi connectivity index (χ1v) is 7.31. The van der Waals surface area contributed by atoms with Gasteiger partial charge in [-0.05, 0) is 19.3 Å². The number of nitrogens with two attached hydrogens (primary N) is 1. The summed E-state index contributed by atoms with van der Waals surface area (Å²) in [4.78, 5) is 24.2. The maximum absolute atomic E-state index is 12.1. The van der Waals surface area contributed by atoms with Crippen LogP contribution in [0.2, 0.25) is 0 Å². The summed E-state index contributed by atoms with van der Waals surface area (Å²) in [6, 6.07) is 0. The first-order valence-electron chi connectivity index (χ1n) is 7.31. The molecule has 0 aliphatic rings. The standard InChI is InChI=1S/C15H24N4O2/c1-4-6-8-9-10-17-12-13(16)19(11-7-5-2)15(21)18(3)14(12)20/h1,17H,5-11,16H2,2-3H3. The van der Waals surface area contributed by atoms with Crippen molar-refractivity contribution in [3.05, 3.63) is 20.8 Å².